The summed E-state index contributed by atoms with van der Waals surface area (Å²) in [4.78, 5) is 20.0. The summed E-state index contributed by atoms with van der Waals surface area (Å²) in [6.07, 6.45) is 5.72. The highest BCUT2D eigenvalue weighted by molar-refractivity contribution is 9.10. The molecule has 0 N–H and O–H groups in total. The molecule has 0 bridgehead atoms. The van der Waals surface area contributed by atoms with Crippen LogP contribution >= 0.6 is 15.9 Å². The minimum Gasteiger partial charge on any atom is -0.378 e. The van der Waals surface area contributed by atoms with Crippen molar-refractivity contribution < 1.29 is 9.13 Å². The van der Waals surface area contributed by atoms with Crippen LogP contribution in [0.15, 0.2) is 64.3 Å². The number of nitrogens with zero attached hydrogens (tertiary/aromatic N) is 4. The summed E-state index contributed by atoms with van der Waals surface area (Å²) < 4.78 is 23.1. The van der Waals surface area contributed by atoms with Crippen molar-refractivity contribution in [2.45, 2.75) is 13.0 Å². The number of aromatic nitrogens is 3. The number of pyridine rings is 2. The fourth-order valence-corrected chi connectivity index (χ4v) is 4.78. The van der Waals surface area contributed by atoms with Crippen LogP contribution in [-0.4, -0.2) is 40.4 Å². The number of rotatable bonds is 4. The van der Waals surface area contributed by atoms with Crippen molar-refractivity contribution in [2.75, 3.05) is 31.2 Å². The standard InChI is InChI=1S/C25H24BrFN4O2/c1-16(17-3-4-23(27)22(26)11-17)31-6-5-18(12-24(31)32)21-15-29(2)25-20(21)13-19(14-28-25)30-7-9-33-10-8-30/h3-6,11-16H,7-10H2,1-2H3. The van der Waals surface area contributed by atoms with Crippen molar-refractivity contribution >= 4 is 32.7 Å². The zero-order valence-electron chi connectivity index (χ0n) is 18.5. The molecule has 4 aromatic rings. The summed E-state index contributed by atoms with van der Waals surface area (Å²) >= 11 is 3.23. The van der Waals surface area contributed by atoms with Gasteiger partial charge in [-0.15, -0.1) is 0 Å². The monoisotopic (exact) mass is 510 g/mol. The summed E-state index contributed by atoms with van der Waals surface area (Å²) in [5.41, 5.74) is 4.47. The summed E-state index contributed by atoms with van der Waals surface area (Å²) in [7, 11) is 1.96. The van der Waals surface area contributed by atoms with E-state index >= 15 is 0 Å². The van der Waals surface area contributed by atoms with Crippen molar-refractivity contribution in [1.82, 2.24) is 14.1 Å². The predicted molar refractivity (Wildman–Crippen MR) is 131 cm³/mol. The Bertz CT molecular complexity index is 1390. The van der Waals surface area contributed by atoms with Crippen LogP contribution < -0.4 is 10.5 Å². The van der Waals surface area contributed by atoms with E-state index in [0.717, 1.165) is 46.5 Å². The Morgan fingerprint density at radius 1 is 1.15 bits per heavy atom. The van der Waals surface area contributed by atoms with E-state index in [1.807, 2.05) is 37.0 Å². The lowest BCUT2D eigenvalue weighted by atomic mass is 10.1. The van der Waals surface area contributed by atoms with Gasteiger partial charge in [0.25, 0.3) is 5.56 Å². The van der Waals surface area contributed by atoms with Gasteiger partial charge in [0.1, 0.15) is 11.5 Å². The molecule has 0 amide bonds. The number of benzene rings is 1. The number of morpholine rings is 1. The molecule has 1 fully saturated rings. The van der Waals surface area contributed by atoms with Gasteiger partial charge in [-0.1, -0.05) is 6.07 Å². The molecule has 170 valence electrons. The summed E-state index contributed by atoms with van der Waals surface area (Å²) in [5.74, 6) is -0.324. The van der Waals surface area contributed by atoms with E-state index in [4.69, 9.17) is 4.74 Å². The molecule has 1 aliphatic rings. The molecule has 0 spiro atoms. The second kappa shape index (κ2) is 8.76. The van der Waals surface area contributed by atoms with Gasteiger partial charge in [0, 0.05) is 49.5 Å². The number of anilines is 1. The lowest BCUT2D eigenvalue weighted by molar-refractivity contribution is 0.122. The Balaban J connectivity index is 1.52. The number of fused-ring (bicyclic) bond motifs is 1. The molecule has 1 unspecified atom stereocenters. The topological polar surface area (TPSA) is 52.3 Å². The zero-order valence-corrected chi connectivity index (χ0v) is 20.0. The van der Waals surface area contributed by atoms with Crippen LogP contribution in [0, 0.1) is 5.82 Å². The maximum Gasteiger partial charge on any atom is 0.251 e. The fraction of sp³-hybridized carbons (Fsp3) is 0.280. The van der Waals surface area contributed by atoms with Crippen molar-refractivity contribution in [1.29, 1.82) is 0 Å². The van der Waals surface area contributed by atoms with Gasteiger partial charge in [-0.2, -0.15) is 0 Å². The minimum absolute atomic E-state index is 0.116. The highest BCUT2D eigenvalue weighted by Gasteiger charge is 2.17. The van der Waals surface area contributed by atoms with E-state index in [9.17, 15) is 9.18 Å². The highest BCUT2D eigenvalue weighted by atomic mass is 79.9. The first-order valence-electron chi connectivity index (χ1n) is 10.9. The van der Waals surface area contributed by atoms with E-state index in [1.54, 1.807) is 29.0 Å². The Kier molecular flexibility index (Phi) is 5.80. The Morgan fingerprint density at radius 2 is 1.94 bits per heavy atom. The highest BCUT2D eigenvalue weighted by Crippen LogP contribution is 2.32. The smallest absolute Gasteiger partial charge is 0.251 e. The van der Waals surface area contributed by atoms with Gasteiger partial charge in [0.05, 0.1) is 35.6 Å². The molecule has 33 heavy (non-hydrogen) atoms. The van der Waals surface area contributed by atoms with Crippen LogP contribution in [0.2, 0.25) is 0 Å². The van der Waals surface area contributed by atoms with E-state index in [0.29, 0.717) is 17.7 Å². The molecule has 4 heterocycles. The average molecular weight is 511 g/mol. The molecular formula is C25H24BrFN4O2. The summed E-state index contributed by atoms with van der Waals surface area (Å²) in [5, 5.41) is 1.01. The first-order valence-corrected chi connectivity index (χ1v) is 11.7. The second-order valence-electron chi connectivity index (χ2n) is 8.33. The van der Waals surface area contributed by atoms with Crippen LogP contribution in [0.5, 0.6) is 0 Å². The average Bonchev–Trinajstić information content (AvgIpc) is 3.16. The molecule has 0 saturated carbocycles. The molecular weight excluding hydrogens is 487 g/mol. The quantitative estimate of drug-likeness (QED) is 0.397. The molecule has 1 atom stereocenters. The van der Waals surface area contributed by atoms with Gasteiger partial charge in [0.2, 0.25) is 0 Å². The Labute approximate surface area is 199 Å². The number of ether oxygens (including phenoxy) is 1. The molecule has 1 saturated heterocycles. The van der Waals surface area contributed by atoms with Gasteiger partial charge >= 0.3 is 0 Å². The minimum atomic E-state index is -0.324. The summed E-state index contributed by atoms with van der Waals surface area (Å²) in [6.45, 7) is 5.02. The molecule has 0 radical (unpaired) electrons. The molecule has 1 aliphatic heterocycles. The van der Waals surface area contributed by atoms with Crippen molar-refractivity contribution in [2.24, 2.45) is 7.05 Å². The van der Waals surface area contributed by atoms with E-state index in [1.165, 1.54) is 6.07 Å². The van der Waals surface area contributed by atoms with Crippen LogP contribution in [0.3, 0.4) is 0 Å². The van der Waals surface area contributed by atoms with E-state index < -0.39 is 0 Å². The zero-order chi connectivity index (χ0) is 23.1. The SMILES string of the molecule is CC(c1ccc(F)c(Br)c1)n1ccc(-c2cn(C)c3ncc(N4CCOCC4)cc23)cc1=O. The lowest BCUT2D eigenvalue weighted by Gasteiger charge is -2.28. The van der Waals surface area contributed by atoms with Crippen molar-refractivity contribution in [3.8, 4) is 11.1 Å². The fourth-order valence-electron chi connectivity index (χ4n) is 4.38. The molecule has 0 aliphatic carbocycles. The van der Waals surface area contributed by atoms with Crippen molar-refractivity contribution in [3.63, 3.8) is 0 Å². The third kappa shape index (κ3) is 4.09. The van der Waals surface area contributed by atoms with Gasteiger partial charge in [0.15, 0.2) is 0 Å². The van der Waals surface area contributed by atoms with Gasteiger partial charge in [-0.25, -0.2) is 9.37 Å². The Hall–Kier alpha value is -2.97. The first kappa shape index (κ1) is 21.9. The van der Waals surface area contributed by atoms with E-state index in [-0.39, 0.29) is 17.4 Å². The predicted octanol–water partition coefficient (Wildman–Crippen LogP) is 4.75. The Morgan fingerprint density at radius 3 is 2.67 bits per heavy atom. The lowest BCUT2D eigenvalue weighted by Crippen LogP contribution is -2.36. The van der Waals surface area contributed by atoms with Crippen LogP contribution in [0.1, 0.15) is 18.5 Å². The third-order valence-electron chi connectivity index (χ3n) is 6.28. The van der Waals surface area contributed by atoms with Gasteiger partial charge in [-0.3, -0.25) is 4.79 Å². The van der Waals surface area contributed by atoms with Gasteiger partial charge in [-0.05, 0) is 58.2 Å². The molecule has 1 aromatic carbocycles. The maximum absolute atomic E-state index is 13.6. The molecule has 3 aromatic heterocycles. The third-order valence-corrected chi connectivity index (χ3v) is 6.89. The first-order chi connectivity index (χ1) is 15.9. The number of hydrogen-bond acceptors (Lipinski definition) is 4. The van der Waals surface area contributed by atoms with Crippen LogP contribution in [0.4, 0.5) is 10.1 Å². The molecule has 6 nitrogen and oxygen atoms in total. The van der Waals surface area contributed by atoms with Crippen LogP contribution in [-0.2, 0) is 11.8 Å². The molecule has 8 heteroatoms. The van der Waals surface area contributed by atoms with Gasteiger partial charge < -0.3 is 18.8 Å². The largest absolute Gasteiger partial charge is 0.378 e. The van der Waals surface area contributed by atoms with Crippen molar-refractivity contribution in [3.05, 3.63) is 81.2 Å². The number of hydrogen-bond donors (Lipinski definition) is 0. The normalized spacial score (nSPS) is 15.2. The van der Waals surface area contributed by atoms with E-state index in [2.05, 4.69) is 31.9 Å². The maximum atomic E-state index is 13.6. The number of halogens is 2. The number of aryl methyl sites for hydroxylation is 1. The molecule has 5 rings (SSSR count). The van der Waals surface area contributed by atoms with Crippen LogP contribution in [0.25, 0.3) is 22.2 Å². The summed E-state index contributed by atoms with van der Waals surface area (Å²) in [6, 6.07) is 10.3. The second-order valence-corrected chi connectivity index (χ2v) is 9.18.